The summed E-state index contributed by atoms with van der Waals surface area (Å²) in [6.45, 7) is 7.71. The van der Waals surface area contributed by atoms with Crippen molar-refractivity contribution in [2.45, 2.75) is 51.3 Å². The largest absolute Gasteiger partial charge is 0.355 e. The summed E-state index contributed by atoms with van der Waals surface area (Å²) >= 11 is 0. The highest BCUT2D eigenvalue weighted by molar-refractivity contribution is 7.93. The molecule has 7 nitrogen and oxygen atoms in total. The van der Waals surface area contributed by atoms with Crippen LogP contribution in [-0.4, -0.2) is 37.2 Å². The molecule has 34 heavy (non-hydrogen) atoms. The van der Waals surface area contributed by atoms with E-state index in [0.717, 1.165) is 18.4 Å². The predicted molar refractivity (Wildman–Crippen MR) is 136 cm³/mol. The van der Waals surface area contributed by atoms with Crippen LogP contribution in [0, 0.1) is 13.8 Å². The van der Waals surface area contributed by atoms with Crippen LogP contribution in [0.5, 0.6) is 0 Å². The van der Waals surface area contributed by atoms with Crippen LogP contribution in [0.1, 0.15) is 48.7 Å². The molecule has 0 atom stereocenters. The Morgan fingerprint density at radius 1 is 1.06 bits per heavy atom. The van der Waals surface area contributed by atoms with E-state index in [9.17, 15) is 13.2 Å². The van der Waals surface area contributed by atoms with Gasteiger partial charge >= 0.3 is 0 Å². The zero-order chi connectivity index (χ0) is 24.9. The number of carbonyl (C=O) groups is 1. The fourth-order valence-electron chi connectivity index (χ4n) is 3.93. The molecular formula is C26H34N4O3S. The predicted octanol–water partition coefficient (Wildman–Crippen LogP) is 4.10. The monoisotopic (exact) mass is 482 g/mol. The molecule has 1 amide bonds. The second-order valence-electron chi connectivity index (χ2n) is 8.82. The number of amides is 1. The van der Waals surface area contributed by atoms with E-state index >= 15 is 0 Å². The molecule has 3 aromatic rings. The van der Waals surface area contributed by atoms with Crippen molar-refractivity contribution in [3.63, 3.8) is 0 Å². The summed E-state index contributed by atoms with van der Waals surface area (Å²) in [6.07, 6.45) is 1.61. The fourth-order valence-corrected chi connectivity index (χ4v) is 5.76. The van der Waals surface area contributed by atoms with E-state index in [4.69, 9.17) is 0 Å². The molecule has 1 heterocycles. The normalized spacial score (nSPS) is 11.6. The van der Waals surface area contributed by atoms with Crippen molar-refractivity contribution in [1.82, 2.24) is 15.1 Å². The van der Waals surface area contributed by atoms with Crippen LogP contribution in [0.2, 0.25) is 0 Å². The molecular weight excluding hydrogens is 448 g/mol. The third kappa shape index (κ3) is 5.86. The van der Waals surface area contributed by atoms with Crippen molar-refractivity contribution in [2.75, 3.05) is 17.4 Å². The maximum Gasteiger partial charge on any atom is 0.268 e. The Morgan fingerprint density at radius 3 is 2.26 bits per heavy atom. The van der Waals surface area contributed by atoms with Crippen LogP contribution in [0.4, 0.5) is 5.69 Å². The van der Waals surface area contributed by atoms with Gasteiger partial charge in [-0.2, -0.15) is 5.10 Å². The van der Waals surface area contributed by atoms with Gasteiger partial charge in [0, 0.05) is 13.6 Å². The van der Waals surface area contributed by atoms with Crippen LogP contribution in [-0.2, 0) is 28.3 Å². The van der Waals surface area contributed by atoms with Crippen LogP contribution < -0.4 is 9.62 Å². The zero-order valence-electron chi connectivity index (χ0n) is 20.6. The van der Waals surface area contributed by atoms with E-state index in [0.29, 0.717) is 29.5 Å². The molecule has 0 fully saturated rings. The summed E-state index contributed by atoms with van der Waals surface area (Å²) in [4.78, 5) is 13.0. The maximum absolute atomic E-state index is 13.7. The van der Waals surface area contributed by atoms with Gasteiger partial charge in [-0.25, -0.2) is 8.42 Å². The van der Waals surface area contributed by atoms with Gasteiger partial charge in [0.2, 0.25) is 5.91 Å². The Balaban J connectivity index is 1.81. The van der Waals surface area contributed by atoms with Gasteiger partial charge in [-0.05, 0) is 55.9 Å². The van der Waals surface area contributed by atoms with Gasteiger partial charge in [-0.15, -0.1) is 0 Å². The lowest BCUT2D eigenvalue weighted by Gasteiger charge is -2.24. The molecule has 8 heteroatoms. The summed E-state index contributed by atoms with van der Waals surface area (Å²) in [5.41, 5.74) is 3.69. The second-order valence-corrected chi connectivity index (χ2v) is 10.6. The van der Waals surface area contributed by atoms with Crippen molar-refractivity contribution < 1.29 is 13.2 Å². The molecule has 182 valence electrons. The average molecular weight is 483 g/mol. The van der Waals surface area contributed by atoms with Crippen molar-refractivity contribution in [3.8, 4) is 0 Å². The van der Waals surface area contributed by atoms with E-state index in [2.05, 4.69) is 36.4 Å². The Labute approximate surface area is 202 Å². The molecule has 0 aliphatic carbocycles. The summed E-state index contributed by atoms with van der Waals surface area (Å²) in [5.74, 6) is -0.0291. The topological polar surface area (TPSA) is 84.3 Å². The first kappa shape index (κ1) is 25.5. The Bertz CT molecular complexity index is 1220. The number of hydrogen-bond donors (Lipinski definition) is 1. The van der Waals surface area contributed by atoms with Crippen molar-refractivity contribution in [1.29, 1.82) is 0 Å². The van der Waals surface area contributed by atoms with Crippen molar-refractivity contribution in [3.05, 3.63) is 77.1 Å². The Kier molecular flexibility index (Phi) is 8.15. The molecule has 1 N–H and O–H groups in total. The van der Waals surface area contributed by atoms with Crippen LogP contribution in [0.25, 0.3) is 0 Å². The first-order chi connectivity index (χ1) is 16.1. The Hall–Kier alpha value is -3.13. The molecule has 1 aromatic heterocycles. The van der Waals surface area contributed by atoms with E-state index in [-0.39, 0.29) is 17.3 Å². The first-order valence-electron chi connectivity index (χ1n) is 11.5. The summed E-state index contributed by atoms with van der Waals surface area (Å²) in [6, 6.07) is 17.4. The maximum atomic E-state index is 13.7. The van der Waals surface area contributed by atoms with Gasteiger partial charge in [0.15, 0.2) is 0 Å². The molecule has 0 radical (unpaired) electrons. The number of nitrogens with zero attached hydrogens (tertiary/aromatic N) is 3. The lowest BCUT2D eigenvalue weighted by atomic mass is 10.0. The van der Waals surface area contributed by atoms with E-state index < -0.39 is 10.0 Å². The molecule has 0 saturated carbocycles. The molecule has 3 rings (SSSR count). The van der Waals surface area contributed by atoms with Gasteiger partial charge in [-0.1, -0.05) is 56.3 Å². The SMILES string of the molecule is Cc1nn(C)c(C)c1S(=O)(=O)N(CC(=O)NCCCc1ccccc1)c1ccc(C(C)C)cc1. The average Bonchev–Trinajstić information content (AvgIpc) is 3.07. The molecule has 0 bridgehead atoms. The number of aryl methyl sites for hydroxylation is 3. The smallest absolute Gasteiger partial charge is 0.268 e. The number of anilines is 1. The quantitative estimate of drug-likeness (QED) is 0.441. The molecule has 0 aliphatic heterocycles. The lowest BCUT2D eigenvalue weighted by Crippen LogP contribution is -2.41. The minimum Gasteiger partial charge on any atom is -0.355 e. The number of nitrogens with one attached hydrogen (secondary N) is 1. The highest BCUT2D eigenvalue weighted by Crippen LogP contribution is 2.29. The van der Waals surface area contributed by atoms with E-state index in [1.165, 1.54) is 9.87 Å². The molecule has 0 unspecified atom stereocenters. The van der Waals surface area contributed by atoms with Crippen molar-refractivity contribution in [2.24, 2.45) is 7.05 Å². The third-order valence-electron chi connectivity index (χ3n) is 5.93. The van der Waals surface area contributed by atoms with Crippen LogP contribution >= 0.6 is 0 Å². The van der Waals surface area contributed by atoms with Gasteiger partial charge in [0.1, 0.15) is 11.4 Å². The number of benzene rings is 2. The van der Waals surface area contributed by atoms with E-state index in [1.54, 1.807) is 37.7 Å². The fraction of sp³-hybridized carbons (Fsp3) is 0.385. The number of rotatable bonds is 10. The van der Waals surface area contributed by atoms with Crippen LogP contribution in [0.3, 0.4) is 0 Å². The molecule has 0 spiro atoms. The minimum atomic E-state index is -4.01. The molecule has 0 aliphatic rings. The highest BCUT2D eigenvalue weighted by Gasteiger charge is 2.32. The summed E-state index contributed by atoms with van der Waals surface area (Å²) in [7, 11) is -2.30. The van der Waals surface area contributed by atoms with Crippen LogP contribution in [0.15, 0.2) is 59.5 Å². The number of sulfonamides is 1. The Morgan fingerprint density at radius 2 is 1.71 bits per heavy atom. The number of carbonyl (C=O) groups excluding carboxylic acids is 1. The van der Waals surface area contributed by atoms with Gasteiger partial charge < -0.3 is 5.32 Å². The van der Waals surface area contributed by atoms with Gasteiger partial charge in [0.05, 0.1) is 17.1 Å². The number of aromatic nitrogens is 2. The zero-order valence-corrected chi connectivity index (χ0v) is 21.4. The van der Waals surface area contributed by atoms with E-state index in [1.807, 2.05) is 30.3 Å². The lowest BCUT2D eigenvalue weighted by molar-refractivity contribution is -0.119. The minimum absolute atomic E-state index is 0.139. The number of hydrogen-bond acceptors (Lipinski definition) is 4. The molecule has 2 aromatic carbocycles. The molecule has 0 saturated heterocycles. The van der Waals surface area contributed by atoms with Crippen molar-refractivity contribution >= 4 is 21.6 Å². The van der Waals surface area contributed by atoms with Gasteiger partial charge in [-0.3, -0.25) is 13.8 Å². The van der Waals surface area contributed by atoms with Gasteiger partial charge in [0.25, 0.3) is 10.0 Å². The third-order valence-corrected chi connectivity index (χ3v) is 7.96. The second kappa shape index (κ2) is 10.9. The summed E-state index contributed by atoms with van der Waals surface area (Å²) < 4.78 is 30.2. The standard InChI is InChI=1S/C26H34N4O3S/c1-19(2)23-13-15-24(16-14-23)30(34(32,33)26-20(3)28-29(5)21(26)4)18-25(31)27-17-9-12-22-10-7-6-8-11-22/h6-8,10-11,13-16,19H,9,12,17-18H2,1-5H3,(H,27,31). The first-order valence-corrected chi connectivity index (χ1v) is 13.0. The highest BCUT2D eigenvalue weighted by atomic mass is 32.2. The summed E-state index contributed by atoms with van der Waals surface area (Å²) in [5, 5.41) is 7.14.